The second-order valence-electron chi connectivity index (χ2n) is 3.19. The van der Waals surface area contributed by atoms with E-state index in [0.29, 0.717) is 9.32 Å². The number of ether oxygens (including phenoxy) is 1. The van der Waals surface area contributed by atoms with Gasteiger partial charge in [0.15, 0.2) is 11.6 Å². The number of benzene rings is 1. The Labute approximate surface area is 110 Å². The molecule has 0 amide bonds. The Morgan fingerprint density at radius 3 is 2.71 bits per heavy atom. The van der Waals surface area contributed by atoms with Crippen LogP contribution in [0.3, 0.4) is 0 Å². The van der Waals surface area contributed by atoms with Gasteiger partial charge in [-0.15, -0.1) is 0 Å². The molecule has 0 saturated heterocycles. The maximum atomic E-state index is 13.3. The lowest BCUT2D eigenvalue weighted by Gasteiger charge is -2.09. The lowest BCUT2D eigenvalue weighted by Crippen LogP contribution is -1.97. The van der Waals surface area contributed by atoms with E-state index < -0.39 is 11.6 Å². The third kappa shape index (κ3) is 2.63. The Bertz CT molecular complexity index is 563. The molecule has 6 heteroatoms. The first-order chi connectivity index (χ1) is 8.08. The van der Waals surface area contributed by atoms with Gasteiger partial charge in [-0.2, -0.15) is 0 Å². The van der Waals surface area contributed by atoms with Crippen molar-refractivity contribution in [2.45, 2.75) is 0 Å². The maximum Gasteiger partial charge on any atom is 0.166 e. The Kier molecular flexibility index (Phi) is 3.41. The van der Waals surface area contributed by atoms with Crippen molar-refractivity contribution in [3.63, 3.8) is 0 Å². The lowest BCUT2D eigenvalue weighted by molar-refractivity contribution is 0.434. The van der Waals surface area contributed by atoms with Gasteiger partial charge < -0.3 is 10.5 Å². The van der Waals surface area contributed by atoms with Crippen LogP contribution in [0.15, 0.2) is 30.5 Å². The molecule has 0 aliphatic rings. The van der Waals surface area contributed by atoms with Crippen molar-refractivity contribution in [2.24, 2.45) is 0 Å². The van der Waals surface area contributed by atoms with Crippen LogP contribution in [0.25, 0.3) is 0 Å². The average molecular weight is 348 g/mol. The zero-order valence-corrected chi connectivity index (χ0v) is 10.6. The fourth-order valence-electron chi connectivity index (χ4n) is 1.19. The summed E-state index contributed by atoms with van der Waals surface area (Å²) in [6.07, 6.45) is 1.43. The second kappa shape index (κ2) is 4.82. The first-order valence-corrected chi connectivity index (χ1v) is 5.68. The number of hydrogen-bond donors (Lipinski definition) is 1. The molecule has 0 aliphatic heterocycles. The second-order valence-corrected chi connectivity index (χ2v) is 4.26. The smallest absolute Gasteiger partial charge is 0.166 e. The zero-order chi connectivity index (χ0) is 12.4. The number of nitrogens with two attached hydrogens (primary N) is 1. The first-order valence-electron chi connectivity index (χ1n) is 4.61. The van der Waals surface area contributed by atoms with E-state index in [1.165, 1.54) is 12.3 Å². The summed E-state index contributed by atoms with van der Waals surface area (Å²) in [5.74, 6) is -0.785. The molecular weight excluding hydrogens is 341 g/mol. The Morgan fingerprint density at radius 2 is 1.94 bits per heavy atom. The van der Waals surface area contributed by atoms with E-state index in [-0.39, 0.29) is 11.6 Å². The molecule has 2 rings (SSSR count). The molecule has 1 aromatic carbocycles. The van der Waals surface area contributed by atoms with Crippen LogP contribution >= 0.6 is 22.6 Å². The first kappa shape index (κ1) is 12.0. The van der Waals surface area contributed by atoms with Crippen molar-refractivity contribution in [3.05, 3.63) is 45.7 Å². The normalized spacial score (nSPS) is 10.3. The zero-order valence-electron chi connectivity index (χ0n) is 8.45. The van der Waals surface area contributed by atoms with Crippen LogP contribution in [0.1, 0.15) is 0 Å². The number of nitrogens with zero attached hydrogens (tertiary/aromatic N) is 1. The molecule has 1 aromatic heterocycles. The molecule has 2 N–H and O–H groups in total. The molecule has 1 heterocycles. The summed E-state index contributed by atoms with van der Waals surface area (Å²) in [6, 6.07) is 4.53. The van der Waals surface area contributed by atoms with Crippen LogP contribution in [0.4, 0.5) is 14.6 Å². The number of nitrogen functional groups attached to an aromatic ring is 1. The highest BCUT2D eigenvalue weighted by atomic mass is 127. The van der Waals surface area contributed by atoms with Crippen molar-refractivity contribution >= 4 is 28.4 Å². The lowest BCUT2D eigenvalue weighted by atomic mass is 10.3. The standard InChI is InChI=1S/C11H7F2IN2O/c12-6-1-2-7(13)9(5-6)17-8-3-4-16-11(15)10(8)14/h1-5H,(H2,15,16). The maximum absolute atomic E-state index is 13.3. The van der Waals surface area contributed by atoms with Gasteiger partial charge in [-0.05, 0) is 34.7 Å². The molecule has 0 atom stereocenters. The van der Waals surface area contributed by atoms with Crippen molar-refractivity contribution in [1.82, 2.24) is 4.98 Å². The molecule has 3 nitrogen and oxygen atoms in total. The van der Waals surface area contributed by atoms with Gasteiger partial charge in [0.25, 0.3) is 0 Å². The number of pyridine rings is 1. The van der Waals surface area contributed by atoms with Gasteiger partial charge in [-0.3, -0.25) is 0 Å². The minimum Gasteiger partial charge on any atom is -0.453 e. The Morgan fingerprint density at radius 1 is 1.18 bits per heavy atom. The fourth-order valence-corrected chi connectivity index (χ4v) is 1.62. The fraction of sp³-hybridized carbons (Fsp3) is 0. The third-order valence-corrected chi connectivity index (χ3v) is 3.08. The molecule has 0 bridgehead atoms. The summed E-state index contributed by atoms with van der Waals surface area (Å²) < 4.78 is 32.1. The molecule has 0 aliphatic carbocycles. The summed E-state index contributed by atoms with van der Waals surface area (Å²) in [6.45, 7) is 0. The summed E-state index contributed by atoms with van der Waals surface area (Å²) in [7, 11) is 0. The van der Waals surface area contributed by atoms with Gasteiger partial charge in [0.05, 0.1) is 3.57 Å². The van der Waals surface area contributed by atoms with E-state index in [2.05, 4.69) is 4.98 Å². The Hall–Kier alpha value is -1.44. The van der Waals surface area contributed by atoms with Gasteiger partial charge in [-0.25, -0.2) is 13.8 Å². The van der Waals surface area contributed by atoms with Gasteiger partial charge in [-0.1, -0.05) is 0 Å². The molecule has 0 fully saturated rings. The van der Waals surface area contributed by atoms with E-state index in [0.717, 1.165) is 18.2 Å². The largest absolute Gasteiger partial charge is 0.453 e. The van der Waals surface area contributed by atoms with Gasteiger partial charge in [0, 0.05) is 18.3 Å². The van der Waals surface area contributed by atoms with Crippen LogP contribution in [0.2, 0.25) is 0 Å². The third-order valence-electron chi connectivity index (χ3n) is 1.99. The molecule has 88 valence electrons. The number of anilines is 1. The average Bonchev–Trinajstić information content (AvgIpc) is 2.30. The number of halogens is 3. The van der Waals surface area contributed by atoms with Gasteiger partial charge >= 0.3 is 0 Å². The van der Waals surface area contributed by atoms with Crippen molar-refractivity contribution in [2.75, 3.05) is 5.73 Å². The van der Waals surface area contributed by atoms with Crippen molar-refractivity contribution in [1.29, 1.82) is 0 Å². The van der Waals surface area contributed by atoms with E-state index >= 15 is 0 Å². The van der Waals surface area contributed by atoms with E-state index in [9.17, 15) is 8.78 Å². The molecule has 2 aromatic rings. The van der Waals surface area contributed by atoms with E-state index in [1.54, 1.807) is 0 Å². The summed E-state index contributed by atoms with van der Waals surface area (Å²) in [5.41, 5.74) is 5.58. The molecule has 17 heavy (non-hydrogen) atoms. The Balaban J connectivity index is 2.38. The highest BCUT2D eigenvalue weighted by Gasteiger charge is 2.10. The SMILES string of the molecule is Nc1nccc(Oc2cc(F)ccc2F)c1I. The van der Waals surface area contributed by atoms with Crippen LogP contribution in [-0.4, -0.2) is 4.98 Å². The number of hydrogen-bond acceptors (Lipinski definition) is 3. The molecule has 0 spiro atoms. The van der Waals surface area contributed by atoms with Crippen LogP contribution in [-0.2, 0) is 0 Å². The van der Waals surface area contributed by atoms with Crippen molar-refractivity contribution < 1.29 is 13.5 Å². The molecular formula is C11H7F2IN2O. The summed E-state index contributed by atoms with van der Waals surface area (Å²) in [5, 5.41) is 0. The van der Waals surface area contributed by atoms with Crippen molar-refractivity contribution in [3.8, 4) is 11.5 Å². The highest BCUT2D eigenvalue weighted by molar-refractivity contribution is 14.1. The predicted octanol–water partition coefficient (Wildman–Crippen LogP) is 3.34. The monoisotopic (exact) mass is 348 g/mol. The number of aromatic nitrogens is 1. The quantitative estimate of drug-likeness (QED) is 0.847. The van der Waals surface area contributed by atoms with Crippen LogP contribution in [0.5, 0.6) is 11.5 Å². The van der Waals surface area contributed by atoms with E-state index in [4.69, 9.17) is 10.5 Å². The molecule has 0 radical (unpaired) electrons. The minimum atomic E-state index is -0.641. The highest BCUT2D eigenvalue weighted by Crippen LogP contribution is 2.30. The topological polar surface area (TPSA) is 48.1 Å². The van der Waals surface area contributed by atoms with Crippen LogP contribution < -0.4 is 10.5 Å². The molecule has 0 unspecified atom stereocenters. The number of rotatable bonds is 2. The molecule has 0 saturated carbocycles. The predicted molar refractivity (Wildman–Crippen MR) is 67.8 cm³/mol. The van der Waals surface area contributed by atoms with Gasteiger partial charge in [0.2, 0.25) is 0 Å². The summed E-state index contributed by atoms with van der Waals surface area (Å²) >= 11 is 1.92. The minimum absolute atomic E-state index is 0.187. The van der Waals surface area contributed by atoms with E-state index in [1.807, 2.05) is 22.6 Å². The van der Waals surface area contributed by atoms with Crippen LogP contribution in [0, 0.1) is 15.2 Å². The summed E-state index contributed by atoms with van der Waals surface area (Å²) in [4.78, 5) is 3.84. The van der Waals surface area contributed by atoms with Gasteiger partial charge in [0.1, 0.15) is 17.4 Å².